The molecule has 2 atom stereocenters. The first-order valence-corrected chi connectivity index (χ1v) is 7.45. The van der Waals surface area contributed by atoms with Gasteiger partial charge in [-0.25, -0.2) is 0 Å². The number of hydrogen-bond acceptors (Lipinski definition) is 2. The van der Waals surface area contributed by atoms with Gasteiger partial charge in [0.2, 0.25) is 0 Å². The third-order valence-electron chi connectivity index (χ3n) is 4.61. The summed E-state index contributed by atoms with van der Waals surface area (Å²) in [6.45, 7) is 3.06. The van der Waals surface area contributed by atoms with Crippen molar-refractivity contribution in [3.8, 4) is 16.9 Å². The van der Waals surface area contributed by atoms with Crippen molar-refractivity contribution in [2.24, 2.45) is 5.92 Å². The van der Waals surface area contributed by atoms with E-state index < -0.39 is 0 Å². The number of benzene rings is 2. The van der Waals surface area contributed by atoms with Crippen molar-refractivity contribution in [2.45, 2.75) is 12.3 Å². The largest absolute Gasteiger partial charge is 0.493 e. The molecule has 0 radical (unpaired) electrons. The van der Waals surface area contributed by atoms with Gasteiger partial charge in [-0.15, -0.1) is 0 Å². The Kier molecular flexibility index (Phi) is 2.96. The van der Waals surface area contributed by atoms with Crippen LogP contribution in [-0.2, 0) is 0 Å². The van der Waals surface area contributed by atoms with Crippen LogP contribution in [0.5, 0.6) is 5.75 Å². The average molecular weight is 265 g/mol. The van der Waals surface area contributed by atoms with Gasteiger partial charge in [-0.2, -0.15) is 0 Å². The maximum atomic E-state index is 6.02. The topological polar surface area (TPSA) is 21.3 Å². The lowest BCUT2D eigenvalue weighted by molar-refractivity contribution is 0.296. The van der Waals surface area contributed by atoms with Crippen LogP contribution in [0.4, 0.5) is 0 Å². The molecule has 1 N–H and O–H groups in total. The predicted octanol–water partition coefficient (Wildman–Crippen LogP) is 3.44. The van der Waals surface area contributed by atoms with E-state index in [9.17, 15) is 0 Å². The van der Waals surface area contributed by atoms with Gasteiger partial charge in [-0.05, 0) is 41.6 Å². The van der Waals surface area contributed by atoms with Crippen LogP contribution in [0.25, 0.3) is 11.1 Å². The molecule has 2 nitrogen and oxygen atoms in total. The molecule has 2 aliphatic rings. The third kappa shape index (κ3) is 2.01. The summed E-state index contributed by atoms with van der Waals surface area (Å²) in [6, 6.07) is 17.2. The Bertz CT molecular complexity index is 608. The lowest BCUT2D eigenvalue weighted by atomic mass is 9.86. The molecule has 4 rings (SSSR count). The molecule has 2 aliphatic heterocycles. The van der Waals surface area contributed by atoms with Gasteiger partial charge in [0, 0.05) is 12.5 Å². The SMILES string of the molecule is c1ccc(-c2ccc3c(c2)OCC[C@H]2CNC[C@H]32)cc1. The van der Waals surface area contributed by atoms with Crippen molar-refractivity contribution in [3.05, 3.63) is 54.1 Å². The first-order valence-electron chi connectivity index (χ1n) is 7.45. The molecule has 0 bridgehead atoms. The van der Waals surface area contributed by atoms with Crippen molar-refractivity contribution in [1.29, 1.82) is 0 Å². The molecule has 2 heteroatoms. The van der Waals surface area contributed by atoms with E-state index in [1.54, 1.807) is 0 Å². The summed E-state index contributed by atoms with van der Waals surface area (Å²) in [7, 11) is 0. The Labute approximate surface area is 119 Å². The normalized spacial score (nSPS) is 24.4. The zero-order chi connectivity index (χ0) is 13.4. The van der Waals surface area contributed by atoms with Gasteiger partial charge in [-0.1, -0.05) is 42.5 Å². The van der Waals surface area contributed by atoms with E-state index in [1.165, 1.54) is 16.7 Å². The van der Waals surface area contributed by atoms with E-state index in [0.717, 1.165) is 37.8 Å². The van der Waals surface area contributed by atoms with Crippen LogP contribution in [0, 0.1) is 5.92 Å². The summed E-state index contributed by atoms with van der Waals surface area (Å²) in [5.74, 6) is 2.44. The average Bonchev–Trinajstić information content (AvgIpc) is 2.90. The second kappa shape index (κ2) is 4.95. The molecule has 1 fully saturated rings. The van der Waals surface area contributed by atoms with E-state index in [2.05, 4.69) is 53.8 Å². The minimum absolute atomic E-state index is 0.623. The standard InChI is InChI=1S/C18H19NO/c1-2-4-13(5-3-1)14-6-7-16-17-12-19-11-15(17)8-9-20-18(16)10-14/h1-7,10,15,17,19H,8-9,11-12H2/t15-,17-/m0/s1. The van der Waals surface area contributed by atoms with Gasteiger partial charge >= 0.3 is 0 Å². The summed E-state index contributed by atoms with van der Waals surface area (Å²) in [5.41, 5.74) is 3.88. The molecule has 1 saturated heterocycles. The summed E-state index contributed by atoms with van der Waals surface area (Å²) in [6.07, 6.45) is 1.16. The van der Waals surface area contributed by atoms with Gasteiger partial charge in [0.1, 0.15) is 5.75 Å². The highest BCUT2D eigenvalue weighted by atomic mass is 16.5. The first-order chi connectivity index (χ1) is 9.92. The van der Waals surface area contributed by atoms with Crippen LogP contribution in [0.3, 0.4) is 0 Å². The van der Waals surface area contributed by atoms with Crippen molar-refractivity contribution in [3.63, 3.8) is 0 Å². The molecule has 2 aromatic carbocycles. The van der Waals surface area contributed by atoms with Crippen LogP contribution in [-0.4, -0.2) is 19.7 Å². The lowest BCUT2D eigenvalue weighted by Crippen LogP contribution is -2.11. The summed E-state index contributed by atoms with van der Waals surface area (Å²) in [4.78, 5) is 0. The molecule has 0 aromatic heterocycles. The summed E-state index contributed by atoms with van der Waals surface area (Å²) >= 11 is 0. The van der Waals surface area contributed by atoms with Gasteiger partial charge in [0.05, 0.1) is 6.61 Å². The van der Waals surface area contributed by atoms with E-state index in [-0.39, 0.29) is 0 Å². The van der Waals surface area contributed by atoms with Gasteiger partial charge in [0.15, 0.2) is 0 Å². The smallest absolute Gasteiger partial charge is 0.123 e. The maximum Gasteiger partial charge on any atom is 0.123 e. The van der Waals surface area contributed by atoms with E-state index in [0.29, 0.717) is 5.92 Å². The quantitative estimate of drug-likeness (QED) is 0.853. The fraction of sp³-hybridized carbons (Fsp3) is 0.333. The van der Waals surface area contributed by atoms with Crippen molar-refractivity contribution in [2.75, 3.05) is 19.7 Å². The van der Waals surface area contributed by atoms with Crippen molar-refractivity contribution < 1.29 is 4.74 Å². The van der Waals surface area contributed by atoms with E-state index in [1.807, 2.05) is 0 Å². The molecule has 0 spiro atoms. The molecule has 2 heterocycles. The fourth-order valence-corrected chi connectivity index (χ4v) is 3.50. The third-order valence-corrected chi connectivity index (χ3v) is 4.61. The first kappa shape index (κ1) is 12.0. The van der Waals surface area contributed by atoms with E-state index >= 15 is 0 Å². The van der Waals surface area contributed by atoms with Gasteiger partial charge in [-0.3, -0.25) is 0 Å². The van der Waals surface area contributed by atoms with Gasteiger partial charge in [0.25, 0.3) is 0 Å². The second-order valence-corrected chi connectivity index (χ2v) is 5.78. The molecule has 0 amide bonds. The highest BCUT2D eigenvalue weighted by Gasteiger charge is 2.32. The Morgan fingerprint density at radius 2 is 1.85 bits per heavy atom. The van der Waals surface area contributed by atoms with Crippen molar-refractivity contribution in [1.82, 2.24) is 5.32 Å². The predicted molar refractivity (Wildman–Crippen MR) is 81.1 cm³/mol. The molecule has 0 saturated carbocycles. The molecule has 20 heavy (non-hydrogen) atoms. The second-order valence-electron chi connectivity index (χ2n) is 5.78. The number of fused-ring (bicyclic) bond motifs is 3. The van der Waals surface area contributed by atoms with Crippen molar-refractivity contribution >= 4 is 0 Å². The Balaban J connectivity index is 1.76. The van der Waals surface area contributed by atoms with Crippen LogP contribution >= 0.6 is 0 Å². The molecule has 102 valence electrons. The van der Waals surface area contributed by atoms with Crippen LogP contribution in [0.1, 0.15) is 17.9 Å². The van der Waals surface area contributed by atoms with Crippen LogP contribution in [0.15, 0.2) is 48.5 Å². The molecular weight excluding hydrogens is 246 g/mol. The maximum absolute atomic E-state index is 6.02. The zero-order valence-corrected chi connectivity index (χ0v) is 11.5. The molecular formula is C18H19NO. The van der Waals surface area contributed by atoms with Gasteiger partial charge < -0.3 is 10.1 Å². The highest BCUT2D eigenvalue weighted by molar-refractivity contribution is 5.66. The summed E-state index contributed by atoms with van der Waals surface area (Å²) < 4.78 is 6.02. The number of rotatable bonds is 1. The minimum Gasteiger partial charge on any atom is -0.493 e. The number of ether oxygens (including phenoxy) is 1. The Morgan fingerprint density at radius 3 is 2.75 bits per heavy atom. The Hall–Kier alpha value is -1.80. The minimum atomic E-state index is 0.623. The lowest BCUT2D eigenvalue weighted by Gasteiger charge is -2.16. The summed E-state index contributed by atoms with van der Waals surface area (Å²) in [5, 5.41) is 3.52. The number of hydrogen-bond donors (Lipinski definition) is 1. The molecule has 2 aromatic rings. The molecule has 0 unspecified atom stereocenters. The van der Waals surface area contributed by atoms with Crippen LogP contribution < -0.4 is 10.1 Å². The highest BCUT2D eigenvalue weighted by Crippen LogP contribution is 2.40. The number of nitrogens with one attached hydrogen (secondary N) is 1. The Morgan fingerprint density at radius 1 is 0.950 bits per heavy atom. The fourth-order valence-electron chi connectivity index (χ4n) is 3.50. The zero-order valence-electron chi connectivity index (χ0n) is 11.5. The van der Waals surface area contributed by atoms with Crippen LogP contribution in [0.2, 0.25) is 0 Å². The molecule has 0 aliphatic carbocycles. The monoisotopic (exact) mass is 265 g/mol. The van der Waals surface area contributed by atoms with E-state index in [4.69, 9.17) is 4.74 Å².